The number of nitrogens with zero attached hydrogens (tertiary/aromatic N) is 4. The predicted octanol–water partition coefficient (Wildman–Crippen LogP) is 3.26. The molecule has 0 N–H and O–H groups in total. The zero-order valence-corrected chi connectivity index (χ0v) is 15.3. The molecule has 0 spiro atoms. The van der Waals surface area contributed by atoms with Crippen LogP contribution in [-0.2, 0) is 6.54 Å². The van der Waals surface area contributed by atoms with Gasteiger partial charge in [-0.15, -0.1) is 0 Å². The number of fused-ring (bicyclic) bond motifs is 1. The van der Waals surface area contributed by atoms with Crippen molar-refractivity contribution in [2.75, 3.05) is 44.7 Å². The summed E-state index contributed by atoms with van der Waals surface area (Å²) in [6, 6.07) is 18.4. The van der Waals surface area contributed by atoms with Gasteiger partial charge in [0.1, 0.15) is 12.4 Å². The largest absolute Gasteiger partial charge is 0.492 e. The summed E-state index contributed by atoms with van der Waals surface area (Å²) in [4.78, 5) is 9.76. The van der Waals surface area contributed by atoms with Gasteiger partial charge in [-0.3, -0.25) is 0 Å². The van der Waals surface area contributed by atoms with Gasteiger partial charge >= 0.3 is 0 Å². The lowest BCUT2D eigenvalue weighted by Crippen LogP contribution is -2.31. The van der Waals surface area contributed by atoms with Gasteiger partial charge in [-0.05, 0) is 44.3 Å². The second-order valence-electron chi connectivity index (χ2n) is 6.86. The first-order valence-corrected chi connectivity index (χ1v) is 9.38. The van der Waals surface area contributed by atoms with Gasteiger partial charge in [-0.1, -0.05) is 30.3 Å². The Morgan fingerprint density at radius 1 is 0.923 bits per heavy atom. The molecule has 5 heteroatoms. The van der Waals surface area contributed by atoms with Crippen LogP contribution >= 0.6 is 0 Å². The number of aromatic nitrogens is 2. The number of rotatable bonds is 5. The van der Waals surface area contributed by atoms with E-state index in [9.17, 15) is 0 Å². The molecule has 26 heavy (non-hydrogen) atoms. The van der Waals surface area contributed by atoms with Crippen LogP contribution in [0.3, 0.4) is 0 Å². The van der Waals surface area contributed by atoms with Gasteiger partial charge in [0.2, 0.25) is 5.95 Å². The van der Waals surface area contributed by atoms with E-state index in [-0.39, 0.29) is 0 Å². The van der Waals surface area contributed by atoms with Crippen LogP contribution in [0.4, 0.5) is 5.95 Å². The summed E-state index contributed by atoms with van der Waals surface area (Å²) < 4.78 is 8.25. The average molecular weight is 350 g/mol. The highest BCUT2D eigenvalue weighted by Gasteiger charge is 2.19. The Hall–Kier alpha value is -2.53. The minimum atomic E-state index is 0.630. The minimum absolute atomic E-state index is 0.630. The van der Waals surface area contributed by atoms with Crippen LogP contribution in [0.25, 0.3) is 11.0 Å². The molecule has 1 fully saturated rings. The number of para-hydroxylation sites is 3. The van der Waals surface area contributed by atoms with Gasteiger partial charge in [-0.2, -0.15) is 0 Å². The summed E-state index contributed by atoms with van der Waals surface area (Å²) >= 11 is 0. The molecule has 2 aromatic carbocycles. The minimum Gasteiger partial charge on any atom is -0.492 e. The topological polar surface area (TPSA) is 33.5 Å². The molecule has 136 valence electrons. The molecule has 1 aromatic heterocycles. The van der Waals surface area contributed by atoms with Crippen molar-refractivity contribution in [3.63, 3.8) is 0 Å². The van der Waals surface area contributed by atoms with Crippen molar-refractivity contribution in [2.45, 2.75) is 13.0 Å². The van der Waals surface area contributed by atoms with E-state index in [0.717, 1.165) is 49.9 Å². The van der Waals surface area contributed by atoms with Crippen molar-refractivity contribution in [3.05, 3.63) is 54.6 Å². The quantitative estimate of drug-likeness (QED) is 0.707. The lowest BCUT2D eigenvalue weighted by Gasteiger charge is -2.23. The molecular formula is C21H26N4O. The first kappa shape index (κ1) is 16.9. The van der Waals surface area contributed by atoms with E-state index in [1.54, 1.807) is 0 Å². The fraction of sp³-hybridized carbons (Fsp3) is 0.381. The monoisotopic (exact) mass is 350 g/mol. The fourth-order valence-corrected chi connectivity index (χ4v) is 3.54. The van der Waals surface area contributed by atoms with E-state index in [1.165, 1.54) is 11.9 Å². The number of hydrogen-bond acceptors (Lipinski definition) is 4. The first-order chi connectivity index (χ1) is 12.8. The van der Waals surface area contributed by atoms with E-state index in [1.807, 2.05) is 30.3 Å². The number of hydrogen-bond donors (Lipinski definition) is 0. The van der Waals surface area contributed by atoms with Gasteiger partial charge in [0.05, 0.1) is 17.6 Å². The Kier molecular flexibility index (Phi) is 5.07. The molecule has 0 bridgehead atoms. The van der Waals surface area contributed by atoms with E-state index >= 15 is 0 Å². The summed E-state index contributed by atoms with van der Waals surface area (Å²) in [6.07, 6.45) is 1.17. The summed E-state index contributed by atoms with van der Waals surface area (Å²) in [7, 11) is 2.19. The molecule has 0 unspecified atom stereocenters. The molecule has 1 aliphatic rings. The maximum Gasteiger partial charge on any atom is 0.206 e. The van der Waals surface area contributed by atoms with Crippen molar-refractivity contribution in [1.82, 2.24) is 14.5 Å². The second-order valence-corrected chi connectivity index (χ2v) is 6.86. The molecule has 1 saturated heterocycles. The molecule has 0 amide bonds. The Balaban J connectivity index is 1.57. The lowest BCUT2D eigenvalue weighted by atomic mass is 10.3. The zero-order valence-electron chi connectivity index (χ0n) is 15.3. The molecule has 0 saturated carbocycles. The van der Waals surface area contributed by atoms with E-state index < -0.39 is 0 Å². The fourth-order valence-electron chi connectivity index (χ4n) is 3.54. The highest BCUT2D eigenvalue weighted by Crippen LogP contribution is 2.23. The third kappa shape index (κ3) is 3.68. The molecule has 0 aliphatic carbocycles. The molecule has 0 radical (unpaired) electrons. The molecule has 4 rings (SSSR count). The van der Waals surface area contributed by atoms with Crippen molar-refractivity contribution < 1.29 is 4.74 Å². The van der Waals surface area contributed by atoms with Gasteiger partial charge < -0.3 is 19.1 Å². The molecular weight excluding hydrogens is 324 g/mol. The van der Waals surface area contributed by atoms with Crippen LogP contribution < -0.4 is 9.64 Å². The first-order valence-electron chi connectivity index (χ1n) is 9.38. The van der Waals surface area contributed by atoms with Crippen LogP contribution in [0.1, 0.15) is 6.42 Å². The Labute approximate surface area is 154 Å². The van der Waals surface area contributed by atoms with Crippen molar-refractivity contribution in [2.24, 2.45) is 0 Å². The number of ether oxygens (including phenoxy) is 1. The van der Waals surface area contributed by atoms with Crippen LogP contribution in [0.2, 0.25) is 0 Å². The highest BCUT2D eigenvalue weighted by atomic mass is 16.5. The highest BCUT2D eigenvalue weighted by molar-refractivity contribution is 5.78. The number of likely N-dealkylation sites (N-methyl/N-ethyl adjacent to an activating group) is 1. The van der Waals surface area contributed by atoms with E-state index in [0.29, 0.717) is 6.61 Å². The summed E-state index contributed by atoms with van der Waals surface area (Å²) in [6.45, 7) is 5.70. The lowest BCUT2D eigenvalue weighted by molar-refractivity contribution is 0.300. The van der Waals surface area contributed by atoms with Gasteiger partial charge in [0.15, 0.2) is 0 Å². The average Bonchev–Trinajstić information content (AvgIpc) is 2.89. The Morgan fingerprint density at radius 3 is 2.62 bits per heavy atom. The van der Waals surface area contributed by atoms with Gasteiger partial charge in [-0.25, -0.2) is 4.98 Å². The standard InChI is InChI=1S/C21H26N4O/c1-23-12-7-13-24(15-14-23)21-22-19-10-5-6-11-20(19)25(21)16-17-26-18-8-3-2-4-9-18/h2-6,8-11H,7,12-17H2,1H3. The molecule has 1 aliphatic heterocycles. The molecule has 3 aromatic rings. The molecule has 5 nitrogen and oxygen atoms in total. The van der Waals surface area contributed by atoms with E-state index in [4.69, 9.17) is 9.72 Å². The van der Waals surface area contributed by atoms with Gasteiger partial charge in [0.25, 0.3) is 0 Å². The number of anilines is 1. The second kappa shape index (κ2) is 7.79. The summed E-state index contributed by atoms with van der Waals surface area (Å²) in [5.74, 6) is 1.98. The number of benzene rings is 2. The van der Waals surface area contributed by atoms with Crippen molar-refractivity contribution in [1.29, 1.82) is 0 Å². The predicted molar refractivity (Wildman–Crippen MR) is 106 cm³/mol. The Bertz CT molecular complexity index is 846. The summed E-state index contributed by atoms with van der Waals surface area (Å²) in [5.41, 5.74) is 2.23. The van der Waals surface area contributed by atoms with Crippen molar-refractivity contribution >= 4 is 17.0 Å². The SMILES string of the molecule is CN1CCCN(c2nc3ccccc3n2CCOc2ccccc2)CC1. The third-order valence-corrected chi connectivity index (χ3v) is 4.96. The number of imidazole rings is 1. The Morgan fingerprint density at radius 2 is 1.73 bits per heavy atom. The normalized spacial score (nSPS) is 16.0. The molecule has 2 heterocycles. The summed E-state index contributed by atoms with van der Waals surface area (Å²) in [5, 5.41) is 0. The van der Waals surface area contributed by atoms with Crippen LogP contribution in [0, 0.1) is 0 Å². The van der Waals surface area contributed by atoms with Crippen LogP contribution in [0.15, 0.2) is 54.6 Å². The van der Waals surface area contributed by atoms with Crippen LogP contribution in [0.5, 0.6) is 5.75 Å². The van der Waals surface area contributed by atoms with E-state index in [2.05, 4.69) is 45.7 Å². The van der Waals surface area contributed by atoms with Gasteiger partial charge in [0, 0.05) is 19.6 Å². The smallest absolute Gasteiger partial charge is 0.206 e. The third-order valence-electron chi connectivity index (χ3n) is 4.96. The zero-order chi connectivity index (χ0) is 17.8. The maximum absolute atomic E-state index is 5.94. The molecule has 0 atom stereocenters. The maximum atomic E-state index is 5.94. The van der Waals surface area contributed by atoms with Crippen molar-refractivity contribution in [3.8, 4) is 5.75 Å². The van der Waals surface area contributed by atoms with Crippen LogP contribution in [-0.4, -0.2) is 54.3 Å².